The van der Waals surface area contributed by atoms with Crippen molar-refractivity contribution in [2.24, 2.45) is 0 Å². The van der Waals surface area contributed by atoms with Crippen LogP contribution in [-0.4, -0.2) is 43.3 Å². The van der Waals surface area contributed by atoms with Gasteiger partial charge in [0.05, 0.1) is 20.6 Å². The van der Waals surface area contributed by atoms with Gasteiger partial charge >= 0.3 is 0 Å². The predicted octanol–water partition coefficient (Wildman–Crippen LogP) is 6.87. The van der Waals surface area contributed by atoms with Gasteiger partial charge in [-0.05, 0) is 88.2 Å². The molecule has 0 aliphatic rings. The van der Waals surface area contributed by atoms with Gasteiger partial charge in [0.15, 0.2) is 0 Å². The summed E-state index contributed by atoms with van der Waals surface area (Å²) >= 11 is 18.3. The third kappa shape index (κ3) is 8.61. The van der Waals surface area contributed by atoms with Gasteiger partial charge in [-0.1, -0.05) is 65.5 Å². The van der Waals surface area contributed by atoms with Gasteiger partial charge in [0, 0.05) is 17.1 Å². The second kappa shape index (κ2) is 13.5. The van der Waals surface area contributed by atoms with E-state index in [4.69, 9.17) is 34.8 Å². The van der Waals surface area contributed by atoms with Crippen molar-refractivity contribution in [3.05, 3.63) is 92.9 Å². The number of hydrogen-bond acceptors (Lipinski definition) is 4. The summed E-state index contributed by atoms with van der Waals surface area (Å²) in [5.74, 6) is -0.916. The largest absolute Gasteiger partial charge is 0.350 e. The highest BCUT2D eigenvalue weighted by molar-refractivity contribution is 7.92. The summed E-state index contributed by atoms with van der Waals surface area (Å²) in [7, 11) is -4.19. The number of aryl methyl sites for hydroxylation is 1. The molecule has 0 aliphatic carbocycles. The van der Waals surface area contributed by atoms with E-state index in [1.54, 1.807) is 49.4 Å². The first-order chi connectivity index (χ1) is 19.1. The molecule has 0 unspecified atom stereocenters. The molecule has 41 heavy (non-hydrogen) atoms. The van der Waals surface area contributed by atoms with Gasteiger partial charge in [0.2, 0.25) is 11.8 Å². The van der Waals surface area contributed by atoms with Crippen molar-refractivity contribution in [1.82, 2.24) is 10.2 Å². The number of nitrogens with one attached hydrogen (secondary N) is 1. The Kier molecular flexibility index (Phi) is 10.7. The van der Waals surface area contributed by atoms with Crippen LogP contribution >= 0.6 is 34.8 Å². The second-order valence-electron chi connectivity index (χ2n) is 10.7. The number of anilines is 1. The fourth-order valence-corrected chi connectivity index (χ4v) is 6.04. The topological polar surface area (TPSA) is 86.8 Å². The number of benzene rings is 3. The highest BCUT2D eigenvalue weighted by Crippen LogP contribution is 2.27. The number of rotatable bonds is 10. The van der Waals surface area contributed by atoms with Crippen molar-refractivity contribution in [3.63, 3.8) is 0 Å². The molecule has 0 aromatic heterocycles. The minimum atomic E-state index is -4.19. The maximum absolute atomic E-state index is 14.1. The number of carbonyl (C=O) groups is 2. The van der Waals surface area contributed by atoms with E-state index in [1.165, 1.54) is 29.2 Å². The zero-order chi connectivity index (χ0) is 30.5. The van der Waals surface area contributed by atoms with Gasteiger partial charge in [-0.25, -0.2) is 8.42 Å². The van der Waals surface area contributed by atoms with E-state index in [9.17, 15) is 18.0 Å². The maximum atomic E-state index is 14.1. The van der Waals surface area contributed by atoms with E-state index < -0.39 is 34.1 Å². The highest BCUT2D eigenvalue weighted by atomic mass is 35.5. The number of amides is 2. The average molecular weight is 639 g/mol. The van der Waals surface area contributed by atoms with E-state index in [0.717, 1.165) is 9.87 Å². The van der Waals surface area contributed by atoms with Crippen LogP contribution in [-0.2, 0) is 26.2 Å². The Balaban J connectivity index is 2.08. The molecule has 3 aromatic rings. The van der Waals surface area contributed by atoms with E-state index in [1.807, 2.05) is 27.7 Å². The Hall–Kier alpha value is -2.78. The first-order valence-corrected chi connectivity index (χ1v) is 15.6. The molecule has 0 saturated heterocycles. The number of halogens is 3. The fraction of sp³-hybridized carbons (Fsp3) is 0.333. The van der Waals surface area contributed by atoms with E-state index in [2.05, 4.69) is 5.32 Å². The number of hydrogen-bond donors (Lipinski definition) is 1. The molecule has 0 spiro atoms. The predicted molar refractivity (Wildman–Crippen MR) is 166 cm³/mol. The molecule has 0 fully saturated rings. The number of sulfonamides is 1. The van der Waals surface area contributed by atoms with E-state index in [0.29, 0.717) is 32.7 Å². The van der Waals surface area contributed by atoms with Gasteiger partial charge in [-0.2, -0.15) is 0 Å². The van der Waals surface area contributed by atoms with Crippen molar-refractivity contribution >= 4 is 62.3 Å². The fourth-order valence-electron chi connectivity index (χ4n) is 4.18. The van der Waals surface area contributed by atoms with Crippen molar-refractivity contribution < 1.29 is 18.0 Å². The summed E-state index contributed by atoms with van der Waals surface area (Å²) in [4.78, 5) is 28.9. The average Bonchev–Trinajstić information content (AvgIpc) is 2.89. The van der Waals surface area contributed by atoms with Gasteiger partial charge < -0.3 is 10.2 Å². The molecule has 7 nitrogen and oxygen atoms in total. The number of carbonyl (C=O) groups excluding carboxylic acids is 2. The molecular weight excluding hydrogens is 605 g/mol. The molecule has 2 amide bonds. The van der Waals surface area contributed by atoms with Gasteiger partial charge in [0.25, 0.3) is 10.0 Å². The van der Waals surface area contributed by atoms with Crippen LogP contribution in [0.5, 0.6) is 0 Å². The number of nitrogens with zero attached hydrogens (tertiary/aromatic N) is 2. The highest BCUT2D eigenvalue weighted by Gasteiger charge is 2.34. The summed E-state index contributed by atoms with van der Waals surface area (Å²) in [5.41, 5.74) is 1.32. The molecule has 0 aliphatic heterocycles. The van der Waals surface area contributed by atoms with E-state index >= 15 is 0 Å². The molecule has 220 valence electrons. The van der Waals surface area contributed by atoms with Crippen molar-refractivity contribution in [2.45, 2.75) is 64.1 Å². The lowest BCUT2D eigenvalue weighted by Crippen LogP contribution is -2.55. The van der Waals surface area contributed by atoms with Crippen molar-refractivity contribution in [2.75, 3.05) is 10.8 Å². The minimum absolute atomic E-state index is 0.00845. The molecule has 1 N–H and O–H groups in total. The zero-order valence-electron chi connectivity index (χ0n) is 23.6. The van der Waals surface area contributed by atoms with Crippen LogP contribution in [0.15, 0.2) is 71.6 Å². The maximum Gasteiger partial charge on any atom is 0.264 e. The van der Waals surface area contributed by atoms with Crippen LogP contribution in [0.25, 0.3) is 0 Å². The Morgan fingerprint density at radius 1 is 0.902 bits per heavy atom. The first kappa shape index (κ1) is 32.7. The van der Waals surface area contributed by atoms with Crippen LogP contribution in [0.2, 0.25) is 15.1 Å². The monoisotopic (exact) mass is 637 g/mol. The standard InChI is InChI=1S/C30H34Cl3N3O4S/c1-6-27(29(38)34-30(3,4)5)35(18-21-9-16-25(32)26(33)17-21)28(37)19-36(23-12-7-20(2)8-13-23)41(39,40)24-14-10-22(31)11-15-24/h7-17,27H,6,18-19H2,1-5H3,(H,34,38)/t27-/m1/s1. The summed E-state index contributed by atoms with van der Waals surface area (Å²) in [5, 5.41) is 3.97. The first-order valence-electron chi connectivity index (χ1n) is 13.0. The van der Waals surface area contributed by atoms with Crippen LogP contribution in [0, 0.1) is 6.92 Å². The Bertz CT molecular complexity index is 1490. The molecule has 1 atom stereocenters. The second-order valence-corrected chi connectivity index (χ2v) is 13.8. The molecule has 0 bridgehead atoms. The summed E-state index contributed by atoms with van der Waals surface area (Å²) < 4.78 is 28.8. The molecule has 0 saturated carbocycles. The SMILES string of the molecule is CC[C@H](C(=O)NC(C)(C)C)N(Cc1ccc(Cl)c(Cl)c1)C(=O)CN(c1ccc(C)cc1)S(=O)(=O)c1ccc(Cl)cc1. The molecule has 3 aromatic carbocycles. The molecule has 0 heterocycles. The summed E-state index contributed by atoms with van der Waals surface area (Å²) in [6.07, 6.45) is 0.295. The Morgan fingerprint density at radius 3 is 2.05 bits per heavy atom. The van der Waals surface area contributed by atoms with Gasteiger partial charge in [-0.3, -0.25) is 13.9 Å². The minimum Gasteiger partial charge on any atom is -0.350 e. The Labute approximate surface area is 257 Å². The third-order valence-corrected chi connectivity index (χ3v) is 9.00. The molecular formula is C30H34Cl3N3O4S. The van der Waals surface area contributed by atoms with Crippen LogP contribution in [0.1, 0.15) is 45.2 Å². The summed E-state index contributed by atoms with van der Waals surface area (Å²) in [6, 6.07) is 16.6. The summed E-state index contributed by atoms with van der Waals surface area (Å²) in [6.45, 7) is 8.68. The van der Waals surface area contributed by atoms with Crippen molar-refractivity contribution in [1.29, 1.82) is 0 Å². The van der Waals surface area contributed by atoms with Crippen LogP contribution in [0.4, 0.5) is 5.69 Å². The third-order valence-electron chi connectivity index (χ3n) is 6.22. The van der Waals surface area contributed by atoms with Gasteiger partial charge in [-0.15, -0.1) is 0 Å². The van der Waals surface area contributed by atoms with Crippen LogP contribution in [0.3, 0.4) is 0 Å². The lowest BCUT2D eigenvalue weighted by molar-refractivity contribution is -0.141. The molecule has 3 rings (SSSR count). The van der Waals surface area contributed by atoms with Crippen LogP contribution < -0.4 is 9.62 Å². The molecule has 0 radical (unpaired) electrons. The normalized spacial score (nSPS) is 12.5. The lowest BCUT2D eigenvalue weighted by Gasteiger charge is -2.34. The van der Waals surface area contributed by atoms with Crippen molar-refractivity contribution in [3.8, 4) is 0 Å². The van der Waals surface area contributed by atoms with Gasteiger partial charge in [0.1, 0.15) is 12.6 Å². The Morgan fingerprint density at radius 2 is 1.51 bits per heavy atom. The lowest BCUT2D eigenvalue weighted by atomic mass is 10.1. The quantitative estimate of drug-likeness (QED) is 0.263. The smallest absolute Gasteiger partial charge is 0.264 e. The van der Waals surface area contributed by atoms with E-state index in [-0.39, 0.29) is 17.3 Å². The molecule has 11 heteroatoms. The zero-order valence-corrected chi connectivity index (χ0v) is 26.7.